The summed E-state index contributed by atoms with van der Waals surface area (Å²) in [6.45, 7) is 3.36. The van der Waals surface area contributed by atoms with E-state index in [1.807, 2.05) is 19.2 Å². The van der Waals surface area contributed by atoms with E-state index in [-0.39, 0.29) is 42.3 Å². The number of aromatic amines is 1. The van der Waals surface area contributed by atoms with E-state index in [9.17, 15) is 10.2 Å². The van der Waals surface area contributed by atoms with Crippen molar-refractivity contribution in [1.29, 1.82) is 0 Å². The number of aryl methyl sites for hydroxylation is 1. The van der Waals surface area contributed by atoms with Crippen LogP contribution in [0.1, 0.15) is 59.9 Å². The van der Waals surface area contributed by atoms with E-state index in [1.54, 1.807) is 24.6 Å². The Morgan fingerprint density at radius 3 is 2.89 bits per heavy atom. The van der Waals surface area contributed by atoms with Gasteiger partial charge >= 0.3 is 0 Å². The van der Waals surface area contributed by atoms with Crippen molar-refractivity contribution < 1.29 is 19.1 Å². The van der Waals surface area contributed by atoms with Crippen molar-refractivity contribution in [3.63, 3.8) is 0 Å². The maximum Gasteiger partial charge on any atom is 0.128 e. The lowest BCUT2D eigenvalue weighted by Gasteiger charge is -2.36. The summed E-state index contributed by atoms with van der Waals surface area (Å²) in [7, 11) is 0. The van der Waals surface area contributed by atoms with Gasteiger partial charge in [0.15, 0.2) is 0 Å². The fourth-order valence-corrected chi connectivity index (χ4v) is 6.35. The topological polar surface area (TPSA) is 122 Å². The van der Waals surface area contributed by atoms with Gasteiger partial charge in [-0.2, -0.15) is 0 Å². The molecule has 196 valence electrons. The van der Waals surface area contributed by atoms with Crippen molar-refractivity contribution in [1.82, 2.24) is 30.9 Å². The Bertz CT molecular complexity index is 1260. The zero-order valence-electron chi connectivity index (χ0n) is 20.8. The number of alkyl halides is 1. The molecule has 6 atom stereocenters. The lowest BCUT2D eigenvalue weighted by Crippen LogP contribution is -2.45. The number of nitrogens with one attached hydrogen (secondary N) is 3. The molecule has 1 aromatic carbocycles. The number of rotatable bonds is 7. The molecule has 2 fully saturated rings. The highest BCUT2D eigenvalue weighted by Crippen LogP contribution is 2.45. The van der Waals surface area contributed by atoms with Crippen LogP contribution in [-0.4, -0.2) is 61.6 Å². The molecule has 6 rings (SSSR count). The molecule has 5 unspecified atom stereocenters. The molecule has 3 aliphatic rings. The molecule has 0 radical (unpaired) electrons. The number of nitrogens with zero attached hydrogens (tertiary/aromatic N) is 3. The van der Waals surface area contributed by atoms with Gasteiger partial charge in [0, 0.05) is 30.5 Å². The van der Waals surface area contributed by atoms with Gasteiger partial charge in [-0.3, -0.25) is 10.3 Å². The number of halogens is 1. The van der Waals surface area contributed by atoms with Crippen molar-refractivity contribution in [2.45, 2.75) is 62.9 Å². The molecule has 2 aromatic heterocycles. The SMILES string of the molecule is CCc1cc(O)ccc1C1CCC2C(c3ncc(C4=C[C@H](CO)N(Cc5cnoc5)C4)[nH]3)NNC2C1F. The maximum absolute atomic E-state index is 15.9. The van der Waals surface area contributed by atoms with Crippen LogP contribution in [0.2, 0.25) is 0 Å². The number of phenols is 1. The summed E-state index contributed by atoms with van der Waals surface area (Å²) in [5.74, 6) is 0.884. The second kappa shape index (κ2) is 10.0. The van der Waals surface area contributed by atoms with Gasteiger partial charge in [-0.25, -0.2) is 14.8 Å². The van der Waals surface area contributed by atoms with Crippen LogP contribution in [-0.2, 0) is 13.0 Å². The summed E-state index contributed by atoms with van der Waals surface area (Å²) in [6, 6.07) is 4.77. The van der Waals surface area contributed by atoms with E-state index in [1.165, 1.54) is 0 Å². The van der Waals surface area contributed by atoms with Gasteiger partial charge in [0.1, 0.15) is 24.0 Å². The summed E-state index contributed by atoms with van der Waals surface area (Å²) in [4.78, 5) is 10.3. The van der Waals surface area contributed by atoms with Crippen LogP contribution in [0.15, 0.2) is 47.5 Å². The fraction of sp³-hybridized carbons (Fsp3) is 0.481. The zero-order valence-corrected chi connectivity index (χ0v) is 20.8. The van der Waals surface area contributed by atoms with E-state index in [0.717, 1.165) is 53.0 Å². The van der Waals surface area contributed by atoms with Crippen LogP contribution in [0.25, 0.3) is 5.57 Å². The highest BCUT2D eigenvalue weighted by Gasteiger charge is 2.48. The Hall–Kier alpha value is -3.05. The number of benzene rings is 1. The Kier molecular flexibility index (Phi) is 6.58. The highest BCUT2D eigenvalue weighted by atomic mass is 19.1. The normalized spacial score (nSPS) is 30.0. The monoisotopic (exact) mass is 508 g/mol. The lowest BCUT2D eigenvalue weighted by molar-refractivity contribution is 0.135. The standard InChI is InChI=1S/C27H33FN6O3/c1-2-16-8-19(36)3-4-20(16)21-5-6-22-25(24(21)28)32-33-26(22)27-29-10-23(31-27)17-7-18(13-35)34(12-17)11-15-9-30-37-14-15/h3-4,7-10,14,18,21-22,24-26,32-33,35-36H,2,5-6,11-13H2,1H3,(H,29,31)/t18-,21?,22?,24?,25?,26?/m1/s1. The van der Waals surface area contributed by atoms with E-state index in [0.29, 0.717) is 13.1 Å². The molecular formula is C27H33FN6O3. The average molecular weight is 509 g/mol. The second-order valence-electron chi connectivity index (χ2n) is 10.4. The molecule has 1 saturated carbocycles. The summed E-state index contributed by atoms with van der Waals surface area (Å²) in [5, 5.41) is 23.5. The maximum atomic E-state index is 15.9. The van der Waals surface area contributed by atoms with Gasteiger partial charge < -0.3 is 19.7 Å². The van der Waals surface area contributed by atoms with Gasteiger partial charge in [0.25, 0.3) is 0 Å². The number of fused-ring (bicyclic) bond motifs is 1. The minimum Gasteiger partial charge on any atom is -0.508 e. The molecule has 9 nitrogen and oxygen atoms in total. The number of hydrogen-bond donors (Lipinski definition) is 5. The van der Waals surface area contributed by atoms with Crippen LogP contribution < -0.4 is 10.9 Å². The third-order valence-corrected chi connectivity index (χ3v) is 8.27. The van der Waals surface area contributed by atoms with Crippen LogP contribution in [0.3, 0.4) is 0 Å². The number of aliphatic hydroxyl groups excluding tert-OH is 1. The first kappa shape index (κ1) is 24.3. The first-order chi connectivity index (χ1) is 18.1. The minimum absolute atomic E-state index is 0.0213. The number of H-pyrrole nitrogens is 1. The van der Waals surface area contributed by atoms with Gasteiger partial charge in [-0.15, -0.1) is 0 Å². The minimum atomic E-state index is -1.05. The van der Waals surface area contributed by atoms with Crippen LogP contribution >= 0.6 is 0 Å². The first-order valence-corrected chi connectivity index (χ1v) is 13.0. The molecule has 0 amide bonds. The third-order valence-electron chi connectivity index (χ3n) is 8.27. The smallest absolute Gasteiger partial charge is 0.128 e. The van der Waals surface area contributed by atoms with E-state index < -0.39 is 6.17 Å². The zero-order chi connectivity index (χ0) is 25.5. The van der Waals surface area contributed by atoms with Crippen molar-refractivity contribution in [2.24, 2.45) is 5.92 Å². The number of hydrogen-bond acceptors (Lipinski definition) is 8. The van der Waals surface area contributed by atoms with Crippen molar-refractivity contribution >= 4 is 5.57 Å². The van der Waals surface area contributed by atoms with Crippen LogP contribution in [0.4, 0.5) is 4.39 Å². The summed E-state index contributed by atoms with van der Waals surface area (Å²) < 4.78 is 20.8. The van der Waals surface area contributed by atoms with Gasteiger partial charge in [0.2, 0.25) is 0 Å². The van der Waals surface area contributed by atoms with Crippen molar-refractivity contribution in [3.8, 4) is 5.75 Å². The highest BCUT2D eigenvalue weighted by molar-refractivity contribution is 5.67. The van der Waals surface area contributed by atoms with Crippen molar-refractivity contribution in [3.05, 3.63) is 71.1 Å². The molecule has 4 heterocycles. The van der Waals surface area contributed by atoms with Gasteiger partial charge in [-0.1, -0.05) is 24.2 Å². The molecule has 1 saturated heterocycles. The second-order valence-corrected chi connectivity index (χ2v) is 10.4. The number of hydrazine groups is 1. The van der Waals surface area contributed by atoms with E-state index >= 15 is 4.39 Å². The number of aliphatic hydroxyl groups is 1. The lowest BCUT2D eigenvalue weighted by atomic mass is 9.71. The summed E-state index contributed by atoms with van der Waals surface area (Å²) >= 11 is 0. The van der Waals surface area contributed by atoms with E-state index in [4.69, 9.17) is 4.52 Å². The first-order valence-electron chi connectivity index (χ1n) is 13.0. The molecule has 0 bridgehead atoms. The Labute approximate surface area is 214 Å². The molecular weight excluding hydrogens is 475 g/mol. The molecule has 5 N–H and O–H groups in total. The Balaban J connectivity index is 1.16. The van der Waals surface area contributed by atoms with Crippen molar-refractivity contribution in [2.75, 3.05) is 13.2 Å². The molecule has 0 spiro atoms. The Morgan fingerprint density at radius 2 is 2.11 bits per heavy atom. The summed E-state index contributed by atoms with van der Waals surface area (Å²) in [5.41, 5.74) is 11.5. The number of aromatic nitrogens is 3. The predicted octanol–water partition coefficient (Wildman–Crippen LogP) is 2.98. The fourth-order valence-electron chi connectivity index (χ4n) is 6.35. The molecule has 37 heavy (non-hydrogen) atoms. The number of phenolic OH excluding ortho intramolecular Hbond substituents is 1. The molecule has 2 aliphatic heterocycles. The van der Waals surface area contributed by atoms with Crippen LogP contribution in [0.5, 0.6) is 5.75 Å². The molecule has 1 aliphatic carbocycles. The third kappa shape index (κ3) is 4.48. The average Bonchev–Trinajstić information content (AvgIpc) is 3.70. The quantitative estimate of drug-likeness (QED) is 0.330. The summed E-state index contributed by atoms with van der Waals surface area (Å²) in [6.07, 6.45) is 8.52. The van der Waals surface area contributed by atoms with E-state index in [2.05, 4.69) is 37.0 Å². The van der Waals surface area contributed by atoms with Crippen LogP contribution in [0, 0.1) is 5.92 Å². The largest absolute Gasteiger partial charge is 0.508 e. The molecule has 10 heteroatoms. The molecule has 3 aromatic rings. The number of imidazole rings is 1. The predicted molar refractivity (Wildman–Crippen MR) is 135 cm³/mol. The number of aromatic hydroxyl groups is 1. The van der Waals surface area contributed by atoms with Gasteiger partial charge in [-0.05, 0) is 48.1 Å². The Morgan fingerprint density at radius 1 is 1.22 bits per heavy atom. The van der Waals surface area contributed by atoms with Gasteiger partial charge in [0.05, 0.1) is 42.8 Å².